The monoisotopic (exact) mass is 477 g/mol. The predicted octanol–water partition coefficient (Wildman–Crippen LogP) is 7.23. The van der Waals surface area contributed by atoms with Gasteiger partial charge in [0.1, 0.15) is 5.60 Å². The van der Waals surface area contributed by atoms with Crippen LogP contribution < -0.4 is 5.32 Å². The van der Waals surface area contributed by atoms with Crippen molar-refractivity contribution in [2.24, 2.45) is 0 Å². The molecule has 0 aliphatic carbocycles. The number of carbonyl (C=O) groups is 1. The van der Waals surface area contributed by atoms with E-state index >= 15 is 0 Å². The molecule has 170 valence electrons. The number of ether oxygens (including phenoxy) is 1. The Kier molecular flexibility index (Phi) is 9.53. The smallest absolute Gasteiger partial charge is 0.407 e. The number of nitrogens with one attached hydrogen (secondary N) is 1. The van der Waals surface area contributed by atoms with Crippen molar-refractivity contribution in [2.75, 3.05) is 0 Å². The standard InChI is InChI=1S/C25H36ClNO2SSi/c1-25(2,3)29-24(28)27-22(17-19-13-9-7-10-14-19)23(21(26)18-31(4,5)6)30-20-15-11-8-12-16-20/h7-16,21-23H,17-18H2,1-6H3,(H,27,28)/t21?,22-,23?/m0/s1. The van der Waals surface area contributed by atoms with Gasteiger partial charge in [-0.2, -0.15) is 0 Å². The molecule has 0 fully saturated rings. The fraction of sp³-hybridized carbons (Fsp3) is 0.480. The maximum absolute atomic E-state index is 12.7. The van der Waals surface area contributed by atoms with Crippen LogP contribution in [0.1, 0.15) is 26.3 Å². The predicted molar refractivity (Wildman–Crippen MR) is 137 cm³/mol. The summed E-state index contributed by atoms with van der Waals surface area (Å²) in [5.74, 6) is 0. The van der Waals surface area contributed by atoms with E-state index < -0.39 is 19.8 Å². The fourth-order valence-corrected chi connectivity index (χ4v) is 7.86. The summed E-state index contributed by atoms with van der Waals surface area (Å²) < 4.78 is 5.59. The normalized spacial score (nSPS) is 15.1. The van der Waals surface area contributed by atoms with Gasteiger partial charge in [0.15, 0.2) is 0 Å². The van der Waals surface area contributed by atoms with Crippen LogP contribution in [-0.2, 0) is 11.2 Å². The van der Waals surface area contributed by atoms with E-state index in [9.17, 15) is 4.79 Å². The molecular formula is C25H36ClNO2SSi. The molecule has 1 N–H and O–H groups in total. The fourth-order valence-electron chi connectivity index (χ4n) is 3.34. The molecule has 0 aliphatic heterocycles. The van der Waals surface area contributed by atoms with Crippen LogP contribution >= 0.6 is 23.4 Å². The molecule has 2 rings (SSSR count). The van der Waals surface area contributed by atoms with Crippen molar-refractivity contribution in [1.29, 1.82) is 0 Å². The number of benzene rings is 2. The average molecular weight is 478 g/mol. The summed E-state index contributed by atoms with van der Waals surface area (Å²) in [6.45, 7) is 12.6. The lowest BCUT2D eigenvalue weighted by atomic mass is 10.0. The van der Waals surface area contributed by atoms with Gasteiger partial charge in [-0.1, -0.05) is 68.2 Å². The van der Waals surface area contributed by atoms with E-state index in [1.807, 2.05) is 57.2 Å². The number of halogens is 1. The molecule has 2 unspecified atom stereocenters. The van der Waals surface area contributed by atoms with Crippen molar-refractivity contribution >= 4 is 37.5 Å². The molecular weight excluding hydrogens is 442 g/mol. The van der Waals surface area contributed by atoms with Gasteiger partial charge in [0.2, 0.25) is 0 Å². The maximum atomic E-state index is 12.7. The van der Waals surface area contributed by atoms with Gasteiger partial charge >= 0.3 is 6.09 Å². The number of carbonyl (C=O) groups excluding carboxylic acids is 1. The van der Waals surface area contributed by atoms with Gasteiger partial charge in [-0.25, -0.2) is 4.79 Å². The second-order valence-corrected chi connectivity index (χ2v) is 17.5. The third-order valence-electron chi connectivity index (χ3n) is 4.58. The first-order chi connectivity index (χ1) is 14.4. The lowest BCUT2D eigenvalue weighted by Gasteiger charge is -2.34. The summed E-state index contributed by atoms with van der Waals surface area (Å²) in [6.07, 6.45) is 0.295. The summed E-state index contributed by atoms with van der Waals surface area (Å²) >= 11 is 8.83. The molecule has 2 aromatic rings. The summed E-state index contributed by atoms with van der Waals surface area (Å²) in [5.41, 5.74) is 0.612. The van der Waals surface area contributed by atoms with Gasteiger partial charge in [0.05, 0.1) is 0 Å². The zero-order chi connectivity index (χ0) is 23.1. The minimum Gasteiger partial charge on any atom is -0.444 e. The Morgan fingerprint density at radius 2 is 1.58 bits per heavy atom. The molecule has 31 heavy (non-hydrogen) atoms. The molecule has 0 saturated heterocycles. The number of amides is 1. The Morgan fingerprint density at radius 1 is 1.03 bits per heavy atom. The number of hydrogen-bond acceptors (Lipinski definition) is 3. The van der Waals surface area contributed by atoms with E-state index in [-0.39, 0.29) is 16.7 Å². The van der Waals surface area contributed by atoms with Crippen molar-refractivity contribution in [3.05, 3.63) is 66.2 Å². The first-order valence-electron chi connectivity index (χ1n) is 10.8. The van der Waals surface area contributed by atoms with E-state index in [1.165, 1.54) is 5.56 Å². The Bertz CT molecular complexity index is 806. The summed E-state index contributed by atoms with van der Waals surface area (Å²) in [5, 5.41) is 3.09. The van der Waals surface area contributed by atoms with Gasteiger partial charge in [-0.3, -0.25) is 0 Å². The quantitative estimate of drug-likeness (QED) is 0.235. The maximum Gasteiger partial charge on any atom is 0.407 e. The number of thioether (sulfide) groups is 1. The molecule has 3 atom stereocenters. The molecule has 2 aromatic carbocycles. The van der Waals surface area contributed by atoms with Crippen LogP contribution in [0, 0.1) is 0 Å². The molecule has 0 aromatic heterocycles. The summed E-state index contributed by atoms with van der Waals surface area (Å²) in [6, 6.07) is 21.3. The summed E-state index contributed by atoms with van der Waals surface area (Å²) in [4.78, 5) is 13.9. The highest BCUT2D eigenvalue weighted by Gasteiger charge is 2.34. The third kappa shape index (κ3) is 10.2. The van der Waals surface area contributed by atoms with E-state index in [0.29, 0.717) is 6.42 Å². The largest absolute Gasteiger partial charge is 0.444 e. The van der Waals surface area contributed by atoms with E-state index in [1.54, 1.807) is 11.8 Å². The van der Waals surface area contributed by atoms with E-state index in [0.717, 1.165) is 10.9 Å². The number of alkyl halides is 1. The first kappa shape index (κ1) is 25.8. The second kappa shape index (κ2) is 11.4. The Balaban J connectivity index is 2.35. The minimum absolute atomic E-state index is 0.00326. The van der Waals surface area contributed by atoms with Gasteiger partial charge in [0.25, 0.3) is 0 Å². The topological polar surface area (TPSA) is 38.3 Å². The van der Waals surface area contributed by atoms with Gasteiger partial charge < -0.3 is 10.1 Å². The first-order valence-corrected chi connectivity index (χ1v) is 15.8. The molecule has 3 nitrogen and oxygen atoms in total. The van der Waals surface area contributed by atoms with E-state index in [2.05, 4.69) is 49.2 Å². The van der Waals surface area contributed by atoms with Crippen LogP contribution in [-0.4, -0.2) is 36.4 Å². The van der Waals surface area contributed by atoms with Gasteiger partial charge in [-0.15, -0.1) is 23.4 Å². The molecule has 0 radical (unpaired) electrons. The minimum atomic E-state index is -1.41. The average Bonchev–Trinajstić information content (AvgIpc) is 2.64. The molecule has 1 amide bonds. The SMILES string of the molecule is CC(C)(C)OC(=O)N[C@@H](Cc1ccccc1)C(Sc1ccccc1)C(Cl)C[Si](C)(C)C. The highest BCUT2D eigenvalue weighted by molar-refractivity contribution is 8.00. The van der Waals surface area contributed by atoms with Crippen LogP contribution in [0.15, 0.2) is 65.6 Å². The molecule has 0 spiro atoms. The molecule has 0 bridgehead atoms. The van der Waals surface area contributed by atoms with Crippen LogP contribution in [0.2, 0.25) is 25.7 Å². The lowest BCUT2D eigenvalue weighted by Crippen LogP contribution is -2.49. The second-order valence-electron chi connectivity index (χ2n) is 10.1. The molecule has 0 heterocycles. The number of alkyl carbamates (subject to hydrolysis) is 1. The van der Waals surface area contributed by atoms with Crippen molar-refractivity contribution in [3.63, 3.8) is 0 Å². The van der Waals surface area contributed by atoms with Crippen LogP contribution in [0.4, 0.5) is 4.79 Å². The van der Waals surface area contributed by atoms with Crippen molar-refractivity contribution in [1.82, 2.24) is 5.32 Å². The number of hydrogen-bond donors (Lipinski definition) is 1. The van der Waals surface area contributed by atoms with Crippen LogP contribution in [0.25, 0.3) is 0 Å². The zero-order valence-corrected chi connectivity index (χ0v) is 22.1. The van der Waals surface area contributed by atoms with E-state index in [4.69, 9.17) is 16.3 Å². The highest BCUT2D eigenvalue weighted by Crippen LogP contribution is 2.35. The molecule has 6 heteroatoms. The Hall–Kier alpha value is -1.43. The zero-order valence-electron chi connectivity index (χ0n) is 19.5. The lowest BCUT2D eigenvalue weighted by molar-refractivity contribution is 0.0503. The molecule has 0 aliphatic rings. The van der Waals surface area contributed by atoms with Gasteiger partial charge in [-0.05, 0) is 50.9 Å². The van der Waals surface area contributed by atoms with Gasteiger partial charge in [0, 0.05) is 29.6 Å². The van der Waals surface area contributed by atoms with Crippen LogP contribution in [0.5, 0.6) is 0 Å². The Labute approximate surface area is 198 Å². The highest BCUT2D eigenvalue weighted by atomic mass is 35.5. The Morgan fingerprint density at radius 3 is 2.10 bits per heavy atom. The molecule has 0 saturated carbocycles. The van der Waals surface area contributed by atoms with Crippen molar-refractivity contribution in [3.8, 4) is 0 Å². The van der Waals surface area contributed by atoms with Crippen molar-refractivity contribution < 1.29 is 9.53 Å². The summed E-state index contributed by atoms with van der Waals surface area (Å²) in [7, 11) is -1.41. The van der Waals surface area contributed by atoms with Crippen LogP contribution in [0.3, 0.4) is 0 Å². The third-order valence-corrected chi connectivity index (χ3v) is 8.55. The van der Waals surface area contributed by atoms with Crippen molar-refractivity contribution in [2.45, 2.75) is 80.0 Å². The number of rotatable bonds is 9.